The maximum Gasteiger partial charge on any atom is 0.573 e. The number of alkyl halides is 3. The lowest BCUT2D eigenvalue weighted by Gasteiger charge is -2.18. The number of benzene rings is 3. The summed E-state index contributed by atoms with van der Waals surface area (Å²) in [7, 11) is 0. The average Bonchev–Trinajstić information content (AvgIpc) is 3.57. The minimum Gasteiger partial charge on any atom is -0.406 e. The molecule has 214 valence electrons. The molecule has 0 radical (unpaired) electrons. The van der Waals surface area contributed by atoms with Crippen LogP contribution in [0.15, 0.2) is 83.2 Å². The topological polar surface area (TPSA) is 97.0 Å². The molecule has 42 heavy (non-hydrogen) atoms. The molecule has 1 N–H and O–H groups in total. The Morgan fingerprint density at radius 2 is 1.88 bits per heavy atom. The SMILES string of the molecule is Cc1ccc(Cl)c(N2C(=O)CSC2=NC(=S)N/N=C/c2ccc(-c3ncn(-c4ccc(OC(F)(F)F)cc4)n3)cc2)c1. The molecule has 15 heteroatoms. The fourth-order valence-electron chi connectivity index (χ4n) is 3.79. The molecule has 1 saturated heterocycles. The van der Waals surface area contributed by atoms with Gasteiger partial charge in [0.15, 0.2) is 11.0 Å². The molecule has 0 atom stereocenters. The van der Waals surface area contributed by atoms with E-state index >= 15 is 0 Å². The predicted octanol–water partition coefficient (Wildman–Crippen LogP) is 6.14. The van der Waals surface area contributed by atoms with Crippen LogP contribution in [0, 0.1) is 6.92 Å². The van der Waals surface area contributed by atoms with Gasteiger partial charge < -0.3 is 4.74 Å². The summed E-state index contributed by atoms with van der Waals surface area (Å²) < 4.78 is 42.5. The predicted molar refractivity (Wildman–Crippen MR) is 160 cm³/mol. The van der Waals surface area contributed by atoms with Gasteiger partial charge in [-0.3, -0.25) is 15.1 Å². The summed E-state index contributed by atoms with van der Waals surface area (Å²) in [6.45, 7) is 1.91. The molecule has 0 bridgehead atoms. The van der Waals surface area contributed by atoms with Crippen LogP contribution in [-0.4, -0.2) is 49.3 Å². The number of carbonyl (C=O) groups is 1. The Labute approximate surface area is 252 Å². The van der Waals surface area contributed by atoms with Crippen molar-refractivity contribution in [3.8, 4) is 22.8 Å². The number of hydrogen-bond donors (Lipinski definition) is 1. The van der Waals surface area contributed by atoms with Gasteiger partial charge >= 0.3 is 6.36 Å². The normalized spacial score (nSPS) is 14.6. The Kier molecular flexibility index (Phi) is 8.56. The van der Waals surface area contributed by atoms with E-state index < -0.39 is 6.36 Å². The number of rotatable bonds is 6. The van der Waals surface area contributed by atoms with Gasteiger partial charge in [-0.15, -0.1) is 18.3 Å². The average molecular weight is 630 g/mol. The second kappa shape index (κ2) is 12.3. The molecule has 1 aliphatic heterocycles. The maximum atomic E-state index is 12.5. The van der Waals surface area contributed by atoms with Crippen LogP contribution in [0.3, 0.4) is 0 Å². The van der Waals surface area contributed by atoms with Crippen molar-refractivity contribution in [3.05, 3.63) is 89.2 Å². The summed E-state index contributed by atoms with van der Waals surface area (Å²) in [5, 5.41) is 9.42. The van der Waals surface area contributed by atoms with E-state index in [1.165, 1.54) is 51.9 Å². The zero-order valence-corrected chi connectivity index (χ0v) is 23.9. The molecular weight excluding hydrogens is 611 g/mol. The second-order valence-electron chi connectivity index (χ2n) is 8.72. The van der Waals surface area contributed by atoms with Crippen LogP contribution in [0.4, 0.5) is 18.9 Å². The summed E-state index contributed by atoms with van der Waals surface area (Å²) in [6, 6.07) is 17.9. The number of amidine groups is 1. The van der Waals surface area contributed by atoms with Crippen molar-refractivity contribution in [1.82, 2.24) is 20.2 Å². The molecule has 0 saturated carbocycles. The van der Waals surface area contributed by atoms with Gasteiger partial charge in [0.05, 0.1) is 28.4 Å². The zero-order valence-electron chi connectivity index (χ0n) is 21.5. The number of halogens is 4. The van der Waals surface area contributed by atoms with Gasteiger partial charge in [-0.2, -0.15) is 10.1 Å². The summed E-state index contributed by atoms with van der Waals surface area (Å²) in [5.74, 6) is 0.169. The summed E-state index contributed by atoms with van der Waals surface area (Å²) >= 11 is 12.9. The van der Waals surface area contributed by atoms with Crippen molar-refractivity contribution in [1.29, 1.82) is 0 Å². The van der Waals surface area contributed by atoms with Gasteiger partial charge in [-0.05, 0) is 66.7 Å². The third-order valence-corrected chi connectivity index (χ3v) is 7.10. The molecule has 1 aromatic heterocycles. The number of amides is 1. The van der Waals surface area contributed by atoms with Crippen molar-refractivity contribution in [3.63, 3.8) is 0 Å². The quantitative estimate of drug-likeness (QED) is 0.155. The first-order valence-electron chi connectivity index (χ1n) is 12.1. The smallest absolute Gasteiger partial charge is 0.406 e. The Bertz CT molecular complexity index is 1690. The lowest BCUT2D eigenvalue weighted by molar-refractivity contribution is -0.274. The number of aromatic nitrogens is 3. The first-order valence-corrected chi connectivity index (χ1v) is 13.8. The van der Waals surface area contributed by atoms with Crippen molar-refractivity contribution in [2.24, 2.45) is 10.1 Å². The van der Waals surface area contributed by atoms with Gasteiger partial charge in [0, 0.05) is 5.56 Å². The lowest BCUT2D eigenvalue weighted by Crippen LogP contribution is -2.31. The van der Waals surface area contributed by atoms with Gasteiger partial charge in [0.2, 0.25) is 11.0 Å². The Balaban J connectivity index is 1.20. The van der Waals surface area contributed by atoms with Crippen molar-refractivity contribution >= 4 is 63.7 Å². The molecule has 9 nitrogen and oxygen atoms in total. The molecule has 1 fully saturated rings. The van der Waals surface area contributed by atoms with Gasteiger partial charge in [-0.1, -0.05) is 53.7 Å². The number of nitrogens with one attached hydrogen (secondary N) is 1. The maximum absolute atomic E-state index is 12.5. The molecular formula is C27H19ClF3N7O2S2. The number of ether oxygens (including phenoxy) is 1. The van der Waals surface area contributed by atoms with E-state index in [0.29, 0.717) is 27.4 Å². The van der Waals surface area contributed by atoms with Crippen molar-refractivity contribution in [2.45, 2.75) is 13.3 Å². The summed E-state index contributed by atoms with van der Waals surface area (Å²) in [6.07, 6.45) is -1.75. The van der Waals surface area contributed by atoms with E-state index in [-0.39, 0.29) is 22.5 Å². The van der Waals surface area contributed by atoms with Crippen molar-refractivity contribution < 1.29 is 22.7 Å². The summed E-state index contributed by atoms with van der Waals surface area (Å²) in [5.41, 5.74) is 6.17. The van der Waals surface area contributed by atoms with Crippen LogP contribution in [-0.2, 0) is 4.79 Å². The van der Waals surface area contributed by atoms with E-state index in [1.807, 2.05) is 19.1 Å². The first-order chi connectivity index (χ1) is 20.1. The number of hydrogen-bond acceptors (Lipinski definition) is 7. The minimum absolute atomic E-state index is 0.0709. The lowest BCUT2D eigenvalue weighted by atomic mass is 10.1. The summed E-state index contributed by atoms with van der Waals surface area (Å²) in [4.78, 5) is 22.6. The highest BCUT2D eigenvalue weighted by Gasteiger charge is 2.32. The van der Waals surface area contributed by atoms with Crippen LogP contribution in [0.25, 0.3) is 17.1 Å². The number of carbonyl (C=O) groups excluding carboxylic acids is 1. The molecule has 0 spiro atoms. The number of anilines is 1. The number of aliphatic imine (C=N–C) groups is 1. The highest BCUT2D eigenvalue weighted by atomic mass is 35.5. The van der Waals surface area contributed by atoms with Crippen LogP contribution in [0.1, 0.15) is 11.1 Å². The highest BCUT2D eigenvalue weighted by molar-refractivity contribution is 8.15. The third-order valence-electron chi connectivity index (χ3n) is 5.67. The molecule has 4 aromatic rings. The number of nitrogens with zero attached hydrogens (tertiary/aromatic N) is 6. The molecule has 1 aliphatic rings. The minimum atomic E-state index is -4.76. The van der Waals surface area contributed by atoms with E-state index in [2.05, 4.69) is 30.3 Å². The van der Waals surface area contributed by atoms with E-state index in [0.717, 1.165) is 16.7 Å². The Morgan fingerprint density at radius 3 is 2.60 bits per heavy atom. The molecule has 3 aromatic carbocycles. The standard InChI is InChI=1S/C27H19ClF3N7O2S2/c1-16-2-11-21(28)22(12-16)38-23(39)14-42-26(38)34-25(41)35-33-13-17-3-5-18(6-4-17)24-32-15-37(36-24)19-7-9-20(10-8-19)40-27(29,30)31/h2-13,15H,14H2,1H3,(H,35,41)/b33-13+,34-26?. The fourth-order valence-corrected chi connectivity index (χ4v) is 5.05. The number of hydrazone groups is 1. The molecule has 0 aliphatic carbocycles. The highest BCUT2D eigenvalue weighted by Crippen LogP contribution is 2.33. The van der Waals surface area contributed by atoms with Crippen LogP contribution < -0.4 is 15.1 Å². The third kappa shape index (κ3) is 7.13. The van der Waals surface area contributed by atoms with Crippen molar-refractivity contribution in [2.75, 3.05) is 10.7 Å². The van der Waals surface area contributed by atoms with Gasteiger partial charge in [0.1, 0.15) is 12.1 Å². The largest absolute Gasteiger partial charge is 0.573 e. The number of thiocarbonyl (C=S) groups is 1. The van der Waals surface area contributed by atoms with Crippen LogP contribution >= 0.6 is 35.6 Å². The van der Waals surface area contributed by atoms with Gasteiger partial charge in [-0.25, -0.2) is 9.67 Å². The van der Waals surface area contributed by atoms with Crippen LogP contribution in [0.2, 0.25) is 5.02 Å². The van der Waals surface area contributed by atoms with Gasteiger partial charge in [0.25, 0.3) is 0 Å². The molecule has 0 unspecified atom stereocenters. The fraction of sp³-hybridized carbons (Fsp3) is 0.111. The molecule has 2 heterocycles. The monoisotopic (exact) mass is 629 g/mol. The molecule has 1 amide bonds. The zero-order chi connectivity index (χ0) is 29.9. The van der Waals surface area contributed by atoms with E-state index in [4.69, 9.17) is 23.8 Å². The van der Waals surface area contributed by atoms with E-state index in [1.54, 1.807) is 36.5 Å². The molecule has 5 rings (SSSR count). The Morgan fingerprint density at radius 1 is 1.14 bits per heavy atom. The van der Waals surface area contributed by atoms with Crippen LogP contribution in [0.5, 0.6) is 5.75 Å². The number of aryl methyl sites for hydroxylation is 1. The Hall–Kier alpha value is -4.27. The second-order valence-corrected chi connectivity index (χ2v) is 10.5. The number of thioether (sulfide) groups is 1. The first kappa shape index (κ1) is 29.2. The van der Waals surface area contributed by atoms with E-state index in [9.17, 15) is 18.0 Å².